The number of hydrogen-bond acceptors (Lipinski definition) is 3. The highest BCUT2D eigenvalue weighted by Crippen LogP contribution is 2.18. The van der Waals surface area contributed by atoms with Crippen LogP contribution in [0.4, 0.5) is 5.69 Å². The number of benzene rings is 1. The predicted molar refractivity (Wildman–Crippen MR) is 69.9 cm³/mol. The van der Waals surface area contributed by atoms with Crippen LogP contribution < -0.4 is 5.73 Å². The molecule has 4 heteroatoms. The summed E-state index contributed by atoms with van der Waals surface area (Å²) in [7, 11) is -1.14. The average Bonchev–Trinajstić information content (AvgIpc) is 2.29. The molecule has 0 aliphatic rings. The van der Waals surface area contributed by atoms with Crippen molar-refractivity contribution in [3.63, 3.8) is 0 Å². The summed E-state index contributed by atoms with van der Waals surface area (Å²) in [6.45, 7) is 1.92. The second-order valence-corrected chi connectivity index (χ2v) is 5.22. The fourth-order valence-corrected chi connectivity index (χ4v) is 2.73. The van der Waals surface area contributed by atoms with Crippen molar-refractivity contribution >= 4 is 16.5 Å². The molecule has 3 nitrogen and oxygen atoms in total. The molecule has 1 heterocycles. The highest BCUT2D eigenvalue weighted by Gasteiger charge is 2.08. The molecule has 0 saturated carbocycles. The Kier molecular flexibility index (Phi) is 3.54. The summed E-state index contributed by atoms with van der Waals surface area (Å²) < 4.78 is 12.1. The SMILES string of the molecule is Cc1cccc(CS(=O)c2ccccc2N)n1. The number of aryl methyl sites for hydroxylation is 1. The van der Waals surface area contributed by atoms with Crippen LogP contribution in [-0.4, -0.2) is 9.19 Å². The van der Waals surface area contributed by atoms with Gasteiger partial charge in [0.05, 0.1) is 27.1 Å². The summed E-state index contributed by atoms with van der Waals surface area (Å²) in [6.07, 6.45) is 0. The fourth-order valence-electron chi connectivity index (χ4n) is 1.58. The molecule has 0 amide bonds. The van der Waals surface area contributed by atoms with Gasteiger partial charge in [0, 0.05) is 11.4 Å². The minimum atomic E-state index is -1.14. The van der Waals surface area contributed by atoms with Gasteiger partial charge in [0.25, 0.3) is 0 Å². The molecule has 1 atom stereocenters. The molecule has 0 bridgehead atoms. The number of nitrogens with zero attached hydrogens (tertiary/aromatic N) is 1. The van der Waals surface area contributed by atoms with E-state index in [1.54, 1.807) is 12.1 Å². The average molecular weight is 246 g/mol. The van der Waals surface area contributed by atoms with Crippen molar-refractivity contribution in [2.24, 2.45) is 0 Å². The molecule has 1 unspecified atom stereocenters. The van der Waals surface area contributed by atoms with Gasteiger partial charge in [0.2, 0.25) is 0 Å². The van der Waals surface area contributed by atoms with Crippen LogP contribution in [0.3, 0.4) is 0 Å². The van der Waals surface area contributed by atoms with Crippen molar-refractivity contribution in [1.82, 2.24) is 4.98 Å². The third kappa shape index (κ3) is 2.91. The molecule has 1 aromatic carbocycles. The van der Waals surface area contributed by atoms with Crippen molar-refractivity contribution in [2.75, 3.05) is 5.73 Å². The summed E-state index contributed by atoms with van der Waals surface area (Å²) in [5.74, 6) is 0.399. The molecular formula is C13H14N2OS. The van der Waals surface area contributed by atoms with Crippen molar-refractivity contribution in [2.45, 2.75) is 17.6 Å². The van der Waals surface area contributed by atoms with Crippen LogP contribution in [0.1, 0.15) is 11.4 Å². The quantitative estimate of drug-likeness (QED) is 0.845. The van der Waals surface area contributed by atoms with E-state index in [4.69, 9.17) is 5.73 Å². The lowest BCUT2D eigenvalue weighted by molar-refractivity contribution is 0.682. The van der Waals surface area contributed by atoms with E-state index in [0.717, 1.165) is 11.4 Å². The van der Waals surface area contributed by atoms with Gasteiger partial charge >= 0.3 is 0 Å². The Morgan fingerprint density at radius 2 is 1.94 bits per heavy atom. The normalized spacial score (nSPS) is 12.3. The zero-order valence-corrected chi connectivity index (χ0v) is 10.4. The molecule has 2 aromatic rings. The topological polar surface area (TPSA) is 56.0 Å². The van der Waals surface area contributed by atoms with E-state index in [0.29, 0.717) is 16.3 Å². The summed E-state index contributed by atoms with van der Waals surface area (Å²) in [5, 5.41) is 0. The molecular weight excluding hydrogens is 232 g/mol. The van der Waals surface area contributed by atoms with Crippen LogP contribution in [0.2, 0.25) is 0 Å². The van der Waals surface area contributed by atoms with Gasteiger partial charge in [0.1, 0.15) is 0 Å². The largest absolute Gasteiger partial charge is 0.398 e. The number of anilines is 1. The maximum atomic E-state index is 12.1. The molecule has 0 aliphatic heterocycles. The number of pyridine rings is 1. The van der Waals surface area contributed by atoms with Gasteiger partial charge in [0.15, 0.2) is 0 Å². The monoisotopic (exact) mass is 246 g/mol. The second-order valence-electron chi connectivity index (χ2n) is 3.80. The van der Waals surface area contributed by atoms with Gasteiger partial charge in [-0.25, -0.2) is 0 Å². The third-order valence-electron chi connectivity index (χ3n) is 2.39. The van der Waals surface area contributed by atoms with Gasteiger partial charge in [-0.15, -0.1) is 0 Å². The van der Waals surface area contributed by atoms with Crippen LogP contribution >= 0.6 is 0 Å². The van der Waals surface area contributed by atoms with E-state index >= 15 is 0 Å². The number of aromatic nitrogens is 1. The van der Waals surface area contributed by atoms with Crippen LogP contribution in [0, 0.1) is 6.92 Å². The molecule has 2 rings (SSSR count). The van der Waals surface area contributed by atoms with E-state index in [1.807, 2.05) is 37.3 Å². The lowest BCUT2D eigenvalue weighted by Gasteiger charge is -2.05. The number of nitrogens with two attached hydrogens (primary N) is 1. The molecule has 0 fully saturated rings. The van der Waals surface area contributed by atoms with E-state index in [9.17, 15) is 4.21 Å². The zero-order chi connectivity index (χ0) is 12.3. The summed E-state index contributed by atoms with van der Waals surface area (Å²) in [6, 6.07) is 12.9. The van der Waals surface area contributed by atoms with Gasteiger partial charge < -0.3 is 5.73 Å². The van der Waals surface area contributed by atoms with Gasteiger partial charge in [-0.3, -0.25) is 9.19 Å². The Hall–Kier alpha value is -1.68. The lowest BCUT2D eigenvalue weighted by Crippen LogP contribution is -2.02. The summed E-state index contributed by atoms with van der Waals surface area (Å²) in [4.78, 5) is 5.01. The van der Waals surface area contributed by atoms with Gasteiger partial charge in [-0.2, -0.15) is 0 Å². The van der Waals surface area contributed by atoms with E-state index < -0.39 is 10.8 Å². The Balaban J connectivity index is 2.20. The first-order valence-corrected chi connectivity index (χ1v) is 6.64. The Labute approximate surface area is 103 Å². The van der Waals surface area contributed by atoms with Gasteiger partial charge in [-0.05, 0) is 31.2 Å². The predicted octanol–water partition coefficient (Wildman–Crippen LogP) is 2.28. The summed E-state index contributed by atoms with van der Waals surface area (Å²) in [5.41, 5.74) is 8.12. The fraction of sp³-hybridized carbons (Fsp3) is 0.154. The second kappa shape index (κ2) is 5.10. The van der Waals surface area contributed by atoms with Crippen LogP contribution in [0.5, 0.6) is 0 Å². The maximum Gasteiger partial charge on any atom is 0.0706 e. The molecule has 0 saturated heterocycles. The van der Waals surface area contributed by atoms with Crippen molar-refractivity contribution < 1.29 is 4.21 Å². The van der Waals surface area contributed by atoms with Crippen molar-refractivity contribution in [1.29, 1.82) is 0 Å². The maximum absolute atomic E-state index is 12.1. The number of nitrogen functional groups attached to an aromatic ring is 1. The van der Waals surface area contributed by atoms with Crippen LogP contribution in [0.25, 0.3) is 0 Å². The van der Waals surface area contributed by atoms with Crippen LogP contribution in [0.15, 0.2) is 47.4 Å². The van der Waals surface area contributed by atoms with Crippen molar-refractivity contribution in [3.05, 3.63) is 53.9 Å². The smallest absolute Gasteiger partial charge is 0.0706 e. The Bertz CT molecular complexity index is 555. The zero-order valence-electron chi connectivity index (χ0n) is 9.59. The minimum absolute atomic E-state index is 0.399. The minimum Gasteiger partial charge on any atom is -0.398 e. The number of rotatable bonds is 3. The third-order valence-corrected chi connectivity index (χ3v) is 3.81. The molecule has 88 valence electrons. The molecule has 2 N–H and O–H groups in total. The van der Waals surface area contributed by atoms with E-state index in [1.165, 1.54) is 0 Å². The number of para-hydroxylation sites is 1. The Morgan fingerprint density at radius 1 is 1.18 bits per heavy atom. The summed E-state index contributed by atoms with van der Waals surface area (Å²) >= 11 is 0. The Morgan fingerprint density at radius 3 is 2.65 bits per heavy atom. The highest BCUT2D eigenvalue weighted by molar-refractivity contribution is 7.84. The van der Waals surface area contributed by atoms with Gasteiger partial charge in [-0.1, -0.05) is 18.2 Å². The molecule has 0 aliphatic carbocycles. The first kappa shape index (κ1) is 11.8. The molecule has 17 heavy (non-hydrogen) atoms. The number of hydrogen-bond donors (Lipinski definition) is 1. The lowest BCUT2D eigenvalue weighted by atomic mass is 10.3. The highest BCUT2D eigenvalue weighted by atomic mass is 32.2. The molecule has 0 radical (unpaired) electrons. The standard InChI is InChI=1S/C13H14N2OS/c1-10-5-4-6-11(15-10)9-17(16)13-8-3-2-7-12(13)14/h2-8H,9,14H2,1H3. The first-order chi connectivity index (χ1) is 8.16. The van der Waals surface area contributed by atoms with E-state index in [-0.39, 0.29) is 0 Å². The van der Waals surface area contributed by atoms with Crippen LogP contribution in [-0.2, 0) is 16.6 Å². The van der Waals surface area contributed by atoms with E-state index in [2.05, 4.69) is 4.98 Å². The first-order valence-electron chi connectivity index (χ1n) is 5.32. The van der Waals surface area contributed by atoms with Crippen molar-refractivity contribution in [3.8, 4) is 0 Å². The molecule has 0 spiro atoms. The molecule has 1 aromatic heterocycles.